The van der Waals surface area contributed by atoms with Crippen molar-refractivity contribution in [3.63, 3.8) is 0 Å². The highest BCUT2D eigenvalue weighted by Crippen LogP contribution is 2.23. The van der Waals surface area contributed by atoms with Gasteiger partial charge in [-0.3, -0.25) is 4.57 Å². The summed E-state index contributed by atoms with van der Waals surface area (Å²) in [4.78, 5) is 4.61. The molecular formula is C11H10IN3. The van der Waals surface area contributed by atoms with Gasteiger partial charge in [-0.25, -0.2) is 4.98 Å². The average molecular weight is 311 g/mol. The summed E-state index contributed by atoms with van der Waals surface area (Å²) in [7, 11) is 1.93. The van der Waals surface area contributed by atoms with Crippen molar-refractivity contribution in [1.82, 2.24) is 9.55 Å². The largest absolute Gasteiger partial charge is 0.388 e. The normalized spacial score (nSPS) is 13.7. The van der Waals surface area contributed by atoms with E-state index in [1.165, 1.54) is 5.52 Å². The lowest BCUT2D eigenvalue weighted by atomic mass is 10.3. The monoisotopic (exact) mass is 311 g/mol. The molecule has 0 fully saturated rings. The molecule has 0 bridgehead atoms. The van der Waals surface area contributed by atoms with E-state index in [1.54, 1.807) is 0 Å². The van der Waals surface area contributed by atoms with E-state index in [9.17, 15) is 0 Å². The lowest BCUT2D eigenvalue weighted by Crippen LogP contribution is -1.95. The van der Waals surface area contributed by atoms with Crippen LogP contribution in [0.5, 0.6) is 0 Å². The number of halogens is 1. The number of imidazole rings is 1. The van der Waals surface area contributed by atoms with Gasteiger partial charge in [-0.15, -0.1) is 0 Å². The summed E-state index contributed by atoms with van der Waals surface area (Å²) in [5.74, 6) is 1.09. The van der Waals surface area contributed by atoms with Crippen LogP contribution in [0.2, 0.25) is 0 Å². The van der Waals surface area contributed by atoms with Gasteiger partial charge in [0.05, 0.1) is 11.0 Å². The van der Waals surface area contributed by atoms with E-state index >= 15 is 0 Å². The fourth-order valence-corrected chi connectivity index (χ4v) is 3.16. The molecule has 1 aliphatic heterocycles. The van der Waals surface area contributed by atoms with Gasteiger partial charge in [-0.05, 0) is 22.3 Å². The van der Waals surface area contributed by atoms with Gasteiger partial charge in [0.25, 0.3) is 0 Å². The van der Waals surface area contributed by atoms with Gasteiger partial charge in [0, 0.05) is 22.9 Å². The standard InChI is InChI=1S/C11H10IN3/c1-13-8-2-3-10-9(6-8)14-11-7-12-4-5-15(10)11/h2-7,13H,1H3. The zero-order valence-corrected chi connectivity index (χ0v) is 10.4. The van der Waals surface area contributed by atoms with E-state index in [-0.39, 0.29) is 20.7 Å². The van der Waals surface area contributed by atoms with Crippen molar-refractivity contribution in [1.29, 1.82) is 0 Å². The smallest absolute Gasteiger partial charge is 0.143 e. The van der Waals surface area contributed by atoms with Crippen molar-refractivity contribution in [2.45, 2.75) is 0 Å². The Bertz CT molecular complexity index is 581. The van der Waals surface area contributed by atoms with Gasteiger partial charge in [0.2, 0.25) is 0 Å². The second-order valence-corrected chi connectivity index (χ2v) is 5.36. The lowest BCUT2D eigenvalue weighted by molar-refractivity contribution is 1.16. The van der Waals surface area contributed by atoms with Crippen molar-refractivity contribution in [3.8, 4) is 0 Å². The molecule has 2 aromatic rings. The Morgan fingerprint density at radius 1 is 1.40 bits per heavy atom. The zero-order chi connectivity index (χ0) is 10.3. The third-order valence-corrected chi connectivity index (χ3v) is 4.10. The maximum absolute atomic E-state index is 4.61. The predicted octanol–water partition coefficient (Wildman–Crippen LogP) is 2.64. The van der Waals surface area contributed by atoms with Gasteiger partial charge in [-0.1, -0.05) is 20.7 Å². The van der Waals surface area contributed by atoms with E-state index in [0.717, 1.165) is 17.0 Å². The molecule has 1 aliphatic rings. The topological polar surface area (TPSA) is 29.9 Å². The summed E-state index contributed by atoms with van der Waals surface area (Å²) in [6, 6.07) is 6.27. The van der Waals surface area contributed by atoms with Crippen molar-refractivity contribution in [2.75, 3.05) is 12.4 Å². The molecule has 1 aromatic heterocycles. The molecule has 0 radical (unpaired) electrons. The van der Waals surface area contributed by atoms with E-state index < -0.39 is 0 Å². The van der Waals surface area contributed by atoms with Crippen molar-refractivity contribution < 1.29 is 0 Å². The van der Waals surface area contributed by atoms with Crippen LogP contribution in [-0.4, -0.2) is 20.6 Å². The number of hydrogen-bond acceptors (Lipinski definition) is 2. The highest BCUT2D eigenvalue weighted by atomic mass is 127. The molecule has 0 amide bonds. The number of nitrogens with zero attached hydrogens (tertiary/aromatic N) is 2. The minimum absolute atomic E-state index is 0.0717. The van der Waals surface area contributed by atoms with Crippen LogP contribution in [0.1, 0.15) is 5.82 Å². The quantitative estimate of drug-likeness (QED) is 0.821. The Balaban J connectivity index is 2.33. The van der Waals surface area contributed by atoms with E-state index in [0.29, 0.717) is 0 Å². The number of fused-ring (bicyclic) bond motifs is 3. The first kappa shape index (κ1) is 9.08. The molecule has 76 valence electrons. The third kappa shape index (κ3) is 1.40. The second kappa shape index (κ2) is 3.44. The third-order valence-electron chi connectivity index (χ3n) is 2.44. The number of nitrogens with one attached hydrogen (secondary N) is 1. The van der Waals surface area contributed by atoms with Crippen LogP contribution in [0.15, 0.2) is 22.3 Å². The van der Waals surface area contributed by atoms with Crippen LogP contribution in [0.25, 0.3) is 17.2 Å². The maximum Gasteiger partial charge on any atom is 0.143 e. The van der Waals surface area contributed by atoms with E-state index in [2.05, 4.69) is 47.4 Å². The highest BCUT2D eigenvalue weighted by molar-refractivity contribution is 14.2. The van der Waals surface area contributed by atoms with Gasteiger partial charge < -0.3 is 5.32 Å². The molecule has 4 heteroatoms. The number of benzene rings is 1. The molecule has 1 aromatic carbocycles. The first-order chi connectivity index (χ1) is 7.38. The number of anilines is 1. The van der Waals surface area contributed by atoms with Crippen LogP contribution in [0.4, 0.5) is 5.69 Å². The molecular weight excluding hydrogens is 301 g/mol. The number of rotatable bonds is 1. The first-order valence-electron chi connectivity index (χ1n) is 4.70. The van der Waals surface area contributed by atoms with Crippen LogP contribution >= 0.6 is 20.7 Å². The predicted molar refractivity (Wildman–Crippen MR) is 73.8 cm³/mol. The molecule has 2 heterocycles. The van der Waals surface area contributed by atoms with Crippen LogP contribution in [0.3, 0.4) is 0 Å². The maximum atomic E-state index is 4.61. The van der Waals surface area contributed by atoms with E-state index in [1.807, 2.05) is 7.05 Å². The summed E-state index contributed by atoms with van der Waals surface area (Å²) >= 11 is 0.0717. The molecule has 0 atom stereocenters. The fourth-order valence-electron chi connectivity index (χ4n) is 1.69. The summed E-state index contributed by atoms with van der Waals surface area (Å²) in [6.07, 6.45) is 2.14. The Morgan fingerprint density at radius 2 is 2.33 bits per heavy atom. The molecule has 1 N–H and O–H groups in total. The van der Waals surface area contributed by atoms with Gasteiger partial charge >= 0.3 is 0 Å². The second-order valence-electron chi connectivity index (χ2n) is 3.30. The van der Waals surface area contributed by atoms with E-state index in [4.69, 9.17) is 0 Å². The number of hydrogen-bond donors (Lipinski definition) is 1. The first-order valence-corrected chi connectivity index (χ1v) is 7.19. The lowest BCUT2D eigenvalue weighted by Gasteiger charge is -2.02. The van der Waals surface area contributed by atoms with Gasteiger partial charge in [0.1, 0.15) is 5.82 Å². The summed E-state index contributed by atoms with van der Waals surface area (Å²) in [5, 5.41) is 3.13. The average Bonchev–Trinajstić information content (AvgIpc) is 2.66. The molecule has 0 spiro atoms. The highest BCUT2D eigenvalue weighted by Gasteiger charge is 2.08. The van der Waals surface area contributed by atoms with Crippen molar-refractivity contribution in [2.24, 2.45) is 0 Å². The Labute approximate surface area is 97.6 Å². The summed E-state index contributed by atoms with van der Waals surface area (Å²) in [6.45, 7) is 0. The Morgan fingerprint density at radius 3 is 3.20 bits per heavy atom. The zero-order valence-electron chi connectivity index (χ0n) is 8.24. The molecule has 3 rings (SSSR count). The van der Waals surface area contributed by atoms with Crippen LogP contribution in [0, 0.1) is 0 Å². The fraction of sp³-hybridized carbons (Fsp3) is 0.0909. The van der Waals surface area contributed by atoms with Crippen LogP contribution < -0.4 is 5.32 Å². The Hall–Kier alpha value is -1.17. The molecule has 15 heavy (non-hydrogen) atoms. The van der Waals surface area contributed by atoms with Crippen LogP contribution in [-0.2, 0) is 0 Å². The minimum atomic E-state index is 0.0717. The number of aromatic nitrogens is 2. The SMILES string of the molecule is CNc1ccc2c(c1)nc1n2C=CI=C1. The molecule has 0 aliphatic carbocycles. The molecule has 0 unspecified atom stereocenters. The summed E-state index contributed by atoms with van der Waals surface area (Å²) in [5.41, 5.74) is 3.35. The minimum Gasteiger partial charge on any atom is -0.388 e. The molecule has 0 saturated carbocycles. The molecule has 3 nitrogen and oxygen atoms in total. The van der Waals surface area contributed by atoms with Crippen molar-refractivity contribution >= 4 is 47.7 Å². The Kier molecular flexibility index (Phi) is 2.09. The summed E-state index contributed by atoms with van der Waals surface area (Å²) < 4.78 is 6.65. The van der Waals surface area contributed by atoms with Crippen molar-refractivity contribution in [3.05, 3.63) is 28.1 Å². The molecule has 0 saturated heterocycles. The van der Waals surface area contributed by atoms with Gasteiger partial charge in [0.15, 0.2) is 0 Å². The van der Waals surface area contributed by atoms with Gasteiger partial charge in [-0.2, -0.15) is 0 Å².